The molecule has 0 atom stereocenters. The molecule has 0 unspecified atom stereocenters. The Bertz CT molecular complexity index is 805. The van der Waals surface area contributed by atoms with Crippen LogP contribution in [-0.4, -0.2) is 50.0 Å². The van der Waals surface area contributed by atoms with Crippen molar-refractivity contribution < 1.29 is 14.3 Å². The topological polar surface area (TPSA) is 70.7 Å². The molecule has 6 nitrogen and oxygen atoms in total. The maximum Gasteiger partial charge on any atom is 0.255 e. The molecule has 162 valence electrons. The highest BCUT2D eigenvalue weighted by atomic mass is 16.5. The van der Waals surface area contributed by atoms with Gasteiger partial charge in [-0.2, -0.15) is 0 Å². The van der Waals surface area contributed by atoms with Crippen LogP contribution in [0.4, 0.5) is 5.69 Å². The van der Waals surface area contributed by atoms with Crippen LogP contribution in [0.15, 0.2) is 48.5 Å². The van der Waals surface area contributed by atoms with Crippen molar-refractivity contribution in [3.63, 3.8) is 0 Å². The summed E-state index contributed by atoms with van der Waals surface area (Å²) in [6.07, 6.45) is 2.08. The van der Waals surface area contributed by atoms with Gasteiger partial charge in [0.25, 0.3) is 5.91 Å². The van der Waals surface area contributed by atoms with Crippen LogP contribution >= 0.6 is 0 Å². The molecule has 0 spiro atoms. The number of aryl methyl sites for hydroxylation is 1. The number of hydrogen-bond acceptors (Lipinski definition) is 4. The number of methoxy groups -OCH3 is 1. The summed E-state index contributed by atoms with van der Waals surface area (Å²) in [7, 11) is 1.52. The number of rotatable bonds is 12. The van der Waals surface area contributed by atoms with E-state index in [0.717, 1.165) is 32.5 Å². The van der Waals surface area contributed by atoms with E-state index in [1.807, 2.05) is 18.2 Å². The number of amides is 2. The van der Waals surface area contributed by atoms with E-state index in [9.17, 15) is 9.59 Å². The predicted octanol–water partition coefficient (Wildman–Crippen LogP) is 3.73. The van der Waals surface area contributed by atoms with Crippen LogP contribution in [0, 0.1) is 0 Å². The molecule has 0 saturated carbocycles. The second kappa shape index (κ2) is 12.6. The van der Waals surface area contributed by atoms with Gasteiger partial charge in [0, 0.05) is 31.3 Å². The maximum absolute atomic E-state index is 12.5. The monoisotopic (exact) mass is 411 g/mol. The molecule has 0 aliphatic rings. The average Bonchev–Trinajstić information content (AvgIpc) is 2.77. The van der Waals surface area contributed by atoms with E-state index in [4.69, 9.17) is 4.74 Å². The zero-order valence-electron chi connectivity index (χ0n) is 18.2. The lowest BCUT2D eigenvalue weighted by Crippen LogP contribution is -2.34. The number of benzene rings is 2. The zero-order valence-corrected chi connectivity index (χ0v) is 18.2. The SMILES string of the molecule is CCN(CC)CCNC(=O)c1ccc(NC(=O)CCCc2ccccc2)cc1OC. The van der Waals surface area contributed by atoms with Gasteiger partial charge in [0.1, 0.15) is 5.75 Å². The van der Waals surface area contributed by atoms with Gasteiger partial charge in [-0.3, -0.25) is 9.59 Å². The fourth-order valence-corrected chi connectivity index (χ4v) is 3.24. The van der Waals surface area contributed by atoms with Crippen molar-refractivity contribution in [3.05, 3.63) is 59.7 Å². The van der Waals surface area contributed by atoms with Gasteiger partial charge in [-0.05, 0) is 43.6 Å². The van der Waals surface area contributed by atoms with Crippen molar-refractivity contribution in [2.75, 3.05) is 38.6 Å². The first-order valence-corrected chi connectivity index (χ1v) is 10.6. The summed E-state index contributed by atoms with van der Waals surface area (Å²) in [6, 6.07) is 15.2. The first kappa shape index (κ1) is 23.4. The molecule has 30 heavy (non-hydrogen) atoms. The summed E-state index contributed by atoms with van der Waals surface area (Å²) in [5, 5.41) is 5.81. The van der Waals surface area contributed by atoms with Crippen LogP contribution in [0.1, 0.15) is 42.6 Å². The van der Waals surface area contributed by atoms with Gasteiger partial charge in [-0.25, -0.2) is 0 Å². The number of carbonyl (C=O) groups is 2. The van der Waals surface area contributed by atoms with Crippen molar-refractivity contribution in [3.8, 4) is 5.75 Å². The van der Waals surface area contributed by atoms with Gasteiger partial charge >= 0.3 is 0 Å². The Labute approximate surface area is 179 Å². The van der Waals surface area contributed by atoms with Crippen molar-refractivity contribution in [2.24, 2.45) is 0 Å². The molecule has 2 amide bonds. The number of nitrogens with one attached hydrogen (secondary N) is 2. The Kier molecular flexibility index (Phi) is 9.87. The molecule has 0 bridgehead atoms. The van der Waals surface area contributed by atoms with E-state index in [1.54, 1.807) is 18.2 Å². The first-order chi connectivity index (χ1) is 14.6. The lowest BCUT2D eigenvalue weighted by atomic mass is 10.1. The summed E-state index contributed by atoms with van der Waals surface area (Å²) in [5.41, 5.74) is 2.30. The van der Waals surface area contributed by atoms with Gasteiger partial charge in [0.05, 0.1) is 12.7 Å². The van der Waals surface area contributed by atoms with Crippen LogP contribution in [0.25, 0.3) is 0 Å². The van der Waals surface area contributed by atoms with Crippen LogP contribution in [0.2, 0.25) is 0 Å². The number of nitrogens with zero attached hydrogens (tertiary/aromatic N) is 1. The van der Waals surface area contributed by atoms with E-state index in [2.05, 4.69) is 41.5 Å². The summed E-state index contributed by atoms with van der Waals surface area (Å²) in [5.74, 6) is 0.210. The second-order valence-electron chi connectivity index (χ2n) is 7.09. The Balaban J connectivity index is 1.86. The summed E-state index contributed by atoms with van der Waals surface area (Å²) in [4.78, 5) is 27.0. The molecule has 6 heteroatoms. The van der Waals surface area contributed by atoms with E-state index >= 15 is 0 Å². The van der Waals surface area contributed by atoms with Gasteiger partial charge in [0.2, 0.25) is 5.91 Å². The van der Waals surface area contributed by atoms with Crippen LogP contribution in [-0.2, 0) is 11.2 Å². The van der Waals surface area contributed by atoms with E-state index in [0.29, 0.717) is 30.0 Å². The molecule has 0 radical (unpaired) electrons. The summed E-state index contributed by atoms with van der Waals surface area (Å²) < 4.78 is 5.37. The Hall–Kier alpha value is -2.86. The molecule has 0 aliphatic heterocycles. The van der Waals surface area contributed by atoms with Crippen molar-refractivity contribution in [1.82, 2.24) is 10.2 Å². The molecule has 2 aromatic rings. The quantitative estimate of drug-likeness (QED) is 0.558. The fraction of sp³-hybridized carbons (Fsp3) is 0.417. The van der Waals surface area contributed by atoms with Crippen molar-refractivity contribution >= 4 is 17.5 Å². The zero-order chi connectivity index (χ0) is 21.8. The molecule has 0 heterocycles. The predicted molar refractivity (Wildman–Crippen MR) is 121 cm³/mol. The van der Waals surface area contributed by atoms with Crippen LogP contribution < -0.4 is 15.4 Å². The minimum absolute atomic E-state index is 0.0515. The van der Waals surface area contributed by atoms with E-state index in [-0.39, 0.29) is 11.8 Å². The van der Waals surface area contributed by atoms with Crippen molar-refractivity contribution in [2.45, 2.75) is 33.1 Å². The molecular weight excluding hydrogens is 378 g/mol. The number of anilines is 1. The minimum Gasteiger partial charge on any atom is -0.496 e. The Morgan fingerprint density at radius 3 is 2.43 bits per heavy atom. The third-order valence-corrected chi connectivity index (χ3v) is 5.05. The second-order valence-corrected chi connectivity index (χ2v) is 7.09. The maximum atomic E-state index is 12.5. The Morgan fingerprint density at radius 1 is 1.03 bits per heavy atom. The highest BCUT2D eigenvalue weighted by molar-refractivity contribution is 5.98. The molecule has 0 saturated heterocycles. The van der Waals surface area contributed by atoms with Gasteiger partial charge in [-0.15, -0.1) is 0 Å². The molecular formula is C24H33N3O3. The fourth-order valence-electron chi connectivity index (χ4n) is 3.24. The summed E-state index contributed by atoms with van der Waals surface area (Å²) >= 11 is 0. The lowest BCUT2D eigenvalue weighted by molar-refractivity contribution is -0.116. The molecule has 0 aromatic heterocycles. The summed E-state index contributed by atoms with van der Waals surface area (Å²) in [6.45, 7) is 7.48. The van der Waals surface area contributed by atoms with Crippen LogP contribution in [0.3, 0.4) is 0 Å². The van der Waals surface area contributed by atoms with Gasteiger partial charge < -0.3 is 20.3 Å². The Morgan fingerprint density at radius 2 is 1.77 bits per heavy atom. The number of hydrogen-bond donors (Lipinski definition) is 2. The van der Waals surface area contributed by atoms with Crippen molar-refractivity contribution in [1.29, 1.82) is 0 Å². The standard InChI is InChI=1S/C24H33N3O3/c1-4-27(5-2)17-16-25-24(29)21-15-14-20(18-22(21)30-3)26-23(28)13-9-12-19-10-7-6-8-11-19/h6-8,10-11,14-15,18H,4-5,9,12-13,16-17H2,1-3H3,(H,25,29)(H,26,28). The minimum atomic E-state index is -0.181. The van der Waals surface area contributed by atoms with E-state index in [1.165, 1.54) is 12.7 Å². The number of carbonyl (C=O) groups excluding carboxylic acids is 2. The largest absolute Gasteiger partial charge is 0.496 e. The molecule has 0 aliphatic carbocycles. The number of ether oxygens (including phenoxy) is 1. The third-order valence-electron chi connectivity index (χ3n) is 5.05. The van der Waals surface area contributed by atoms with Crippen LogP contribution in [0.5, 0.6) is 5.75 Å². The molecule has 2 rings (SSSR count). The highest BCUT2D eigenvalue weighted by Crippen LogP contribution is 2.23. The van der Waals surface area contributed by atoms with E-state index < -0.39 is 0 Å². The number of likely N-dealkylation sites (N-methyl/N-ethyl adjacent to an activating group) is 1. The normalized spacial score (nSPS) is 10.7. The molecule has 2 aromatic carbocycles. The molecule has 2 N–H and O–H groups in total. The highest BCUT2D eigenvalue weighted by Gasteiger charge is 2.14. The first-order valence-electron chi connectivity index (χ1n) is 10.6. The smallest absolute Gasteiger partial charge is 0.255 e. The molecule has 0 fully saturated rings. The third kappa shape index (κ3) is 7.52. The van der Waals surface area contributed by atoms with Gasteiger partial charge in [0.15, 0.2) is 0 Å². The van der Waals surface area contributed by atoms with Gasteiger partial charge in [-0.1, -0.05) is 44.2 Å². The average molecular weight is 412 g/mol. The lowest BCUT2D eigenvalue weighted by Gasteiger charge is -2.18.